The Morgan fingerprint density at radius 1 is 1.50 bits per heavy atom. The number of hydrogen-bond acceptors (Lipinski definition) is 1. The average Bonchev–Trinajstić information content (AvgIpc) is 2.29. The molecule has 1 rings (SSSR count). The molecule has 0 spiro atoms. The van der Waals surface area contributed by atoms with Gasteiger partial charge >= 0.3 is 6.18 Å². The Morgan fingerprint density at radius 2 is 2.07 bits per heavy atom. The molecule has 1 saturated heterocycles. The summed E-state index contributed by atoms with van der Waals surface area (Å²) in [6.45, 7) is 2.86. The van der Waals surface area contributed by atoms with Crippen LogP contribution < -0.4 is 0 Å². The molecule has 0 radical (unpaired) electrons. The minimum Gasteiger partial charge on any atom is -0.333 e. The van der Waals surface area contributed by atoms with Crippen LogP contribution in [0.2, 0.25) is 0 Å². The maximum atomic E-state index is 12.0. The first-order chi connectivity index (χ1) is 6.31. The van der Waals surface area contributed by atoms with Crippen molar-refractivity contribution in [3.8, 4) is 0 Å². The topological polar surface area (TPSA) is 20.3 Å². The number of nitrogens with zero attached hydrogens (tertiary/aromatic N) is 1. The van der Waals surface area contributed by atoms with Crippen LogP contribution in [0, 0.1) is 11.8 Å². The maximum absolute atomic E-state index is 12.0. The fraction of sp³-hybridized carbons (Fsp3) is 0.889. The van der Waals surface area contributed by atoms with Gasteiger partial charge in [0.05, 0.1) is 0 Å². The third-order valence-electron chi connectivity index (χ3n) is 2.51. The van der Waals surface area contributed by atoms with Gasteiger partial charge in [-0.15, -0.1) is 0 Å². The average molecular weight is 209 g/mol. The smallest absolute Gasteiger partial charge is 0.333 e. The quantitative estimate of drug-likeness (QED) is 0.681. The summed E-state index contributed by atoms with van der Waals surface area (Å²) < 4.78 is 36.0. The van der Waals surface area contributed by atoms with Crippen LogP contribution >= 0.6 is 0 Å². The molecule has 0 bridgehead atoms. The van der Waals surface area contributed by atoms with E-state index in [2.05, 4.69) is 0 Å². The van der Waals surface area contributed by atoms with Crippen LogP contribution in [-0.2, 0) is 4.79 Å². The highest BCUT2D eigenvalue weighted by Crippen LogP contribution is 2.27. The van der Waals surface area contributed by atoms with Crippen molar-refractivity contribution < 1.29 is 18.0 Å². The summed E-state index contributed by atoms with van der Waals surface area (Å²) >= 11 is 0. The van der Waals surface area contributed by atoms with Crippen molar-refractivity contribution in [1.29, 1.82) is 0 Å². The molecule has 82 valence electrons. The van der Waals surface area contributed by atoms with Gasteiger partial charge in [-0.2, -0.15) is 13.2 Å². The highest BCUT2D eigenvalue weighted by Gasteiger charge is 2.39. The predicted molar refractivity (Wildman–Crippen MR) is 45.6 cm³/mol. The summed E-state index contributed by atoms with van der Waals surface area (Å²) in [5, 5.41) is 0. The van der Waals surface area contributed by atoms with E-state index in [0.717, 1.165) is 4.90 Å². The second-order valence-corrected chi connectivity index (χ2v) is 4.01. The van der Waals surface area contributed by atoms with Gasteiger partial charge in [-0.25, -0.2) is 0 Å². The Kier molecular flexibility index (Phi) is 3.07. The van der Waals surface area contributed by atoms with Crippen LogP contribution in [0.3, 0.4) is 0 Å². The summed E-state index contributed by atoms with van der Waals surface area (Å²) in [4.78, 5) is 12.4. The Bertz CT molecular complexity index is 225. The van der Waals surface area contributed by atoms with Crippen LogP contribution in [0.25, 0.3) is 0 Å². The summed E-state index contributed by atoms with van der Waals surface area (Å²) in [6, 6.07) is 0. The van der Waals surface area contributed by atoms with Crippen molar-refractivity contribution in [2.24, 2.45) is 11.8 Å². The molecular weight excluding hydrogens is 195 g/mol. The van der Waals surface area contributed by atoms with Gasteiger partial charge in [0, 0.05) is 12.5 Å². The highest BCUT2D eigenvalue weighted by molar-refractivity contribution is 5.81. The minimum atomic E-state index is -4.28. The zero-order chi connectivity index (χ0) is 10.9. The molecule has 0 N–H and O–H groups in total. The number of carbonyl (C=O) groups is 1. The van der Waals surface area contributed by atoms with E-state index in [1.165, 1.54) is 0 Å². The van der Waals surface area contributed by atoms with E-state index in [9.17, 15) is 18.0 Å². The fourth-order valence-corrected chi connectivity index (χ4v) is 1.75. The first-order valence-corrected chi connectivity index (χ1v) is 4.67. The molecule has 0 aromatic carbocycles. The van der Waals surface area contributed by atoms with Gasteiger partial charge < -0.3 is 4.90 Å². The van der Waals surface area contributed by atoms with E-state index in [-0.39, 0.29) is 24.3 Å². The first-order valence-electron chi connectivity index (χ1n) is 4.67. The van der Waals surface area contributed by atoms with E-state index >= 15 is 0 Å². The molecule has 1 aliphatic rings. The van der Waals surface area contributed by atoms with Gasteiger partial charge in [0.1, 0.15) is 6.54 Å². The molecule has 2 nitrogen and oxygen atoms in total. The molecule has 1 heterocycles. The Labute approximate surface area is 81.1 Å². The van der Waals surface area contributed by atoms with E-state index in [0.29, 0.717) is 6.42 Å². The molecule has 5 heteroatoms. The molecule has 1 aliphatic heterocycles. The minimum absolute atomic E-state index is 0.126. The summed E-state index contributed by atoms with van der Waals surface area (Å²) in [6.07, 6.45) is -3.73. The SMILES string of the molecule is CC(C)C1CCN(CC(F)(F)F)C1=O. The van der Waals surface area contributed by atoms with Gasteiger partial charge in [0.25, 0.3) is 0 Å². The van der Waals surface area contributed by atoms with Crippen LogP contribution in [0.15, 0.2) is 0 Å². The zero-order valence-electron chi connectivity index (χ0n) is 8.27. The second-order valence-electron chi connectivity index (χ2n) is 4.01. The highest BCUT2D eigenvalue weighted by atomic mass is 19.4. The number of amides is 1. The first kappa shape index (κ1) is 11.3. The lowest BCUT2D eigenvalue weighted by Crippen LogP contribution is -2.36. The van der Waals surface area contributed by atoms with Gasteiger partial charge in [-0.05, 0) is 12.3 Å². The summed E-state index contributed by atoms with van der Waals surface area (Å²) in [5.74, 6) is -0.449. The Hall–Kier alpha value is -0.740. The molecule has 0 saturated carbocycles. The lowest BCUT2D eigenvalue weighted by Gasteiger charge is -2.19. The maximum Gasteiger partial charge on any atom is 0.406 e. The Balaban J connectivity index is 2.56. The van der Waals surface area contributed by atoms with Crippen molar-refractivity contribution in [2.45, 2.75) is 26.4 Å². The van der Waals surface area contributed by atoms with Crippen LogP contribution in [0.1, 0.15) is 20.3 Å². The zero-order valence-corrected chi connectivity index (χ0v) is 8.27. The normalized spacial score (nSPS) is 23.7. The van der Waals surface area contributed by atoms with Crippen molar-refractivity contribution in [1.82, 2.24) is 4.90 Å². The molecule has 14 heavy (non-hydrogen) atoms. The fourth-order valence-electron chi connectivity index (χ4n) is 1.75. The van der Waals surface area contributed by atoms with E-state index in [4.69, 9.17) is 0 Å². The number of likely N-dealkylation sites (tertiary alicyclic amines) is 1. The Morgan fingerprint density at radius 3 is 2.43 bits per heavy atom. The van der Waals surface area contributed by atoms with Crippen molar-refractivity contribution >= 4 is 5.91 Å². The van der Waals surface area contributed by atoms with Gasteiger partial charge in [0.2, 0.25) is 5.91 Å². The summed E-state index contributed by atoms with van der Waals surface area (Å²) in [7, 11) is 0. The molecule has 1 atom stereocenters. The molecule has 1 amide bonds. The number of rotatable bonds is 2. The monoisotopic (exact) mass is 209 g/mol. The van der Waals surface area contributed by atoms with Crippen molar-refractivity contribution in [3.05, 3.63) is 0 Å². The van der Waals surface area contributed by atoms with Gasteiger partial charge in [-0.1, -0.05) is 13.8 Å². The van der Waals surface area contributed by atoms with Gasteiger partial charge in [0.15, 0.2) is 0 Å². The largest absolute Gasteiger partial charge is 0.406 e. The number of carbonyl (C=O) groups excluding carboxylic acids is 1. The van der Waals surface area contributed by atoms with Crippen molar-refractivity contribution in [3.63, 3.8) is 0 Å². The molecule has 0 aromatic heterocycles. The van der Waals surface area contributed by atoms with Crippen LogP contribution in [-0.4, -0.2) is 30.1 Å². The number of alkyl halides is 3. The molecule has 1 unspecified atom stereocenters. The third-order valence-corrected chi connectivity index (χ3v) is 2.51. The summed E-state index contributed by atoms with van der Waals surface area (Å²) in [5.41, 5.74) is 0. The third kappa shape index (κ3) is 2.62. The lowest BCUT2D eigenvalue weighted by atomic mass is 9.95. The molecule has 0 aromatic rings. The predicted octanol–water partition coefficient (Wildman–Crippen LogP) is 2.05. The van der Waals surface area contributed by atoms with Gasteiger partial charge in [-0.3, -0.25) is 4.79 Å². The molecule has 1 fully saturated rings. The number of halogens is 3. The van der Waals surface area contributed by atoms with E-state index in [1.54, 1.807) is 0 Å². The van der Waals surface area contributed by atoms with Crippen LogP contribution in [0.4, 0.5) is 13.2 Å². The van der Waals surface area contributed by atoms with E-state index in [1.807, 2.05) is 13.8 Å². The van der Waals surface area contributed by atoms with Crippen LogP contribution in [0.5, 0.6) is 0 Å². The molecular formula is C9H14F3NO. The van der Waals surface area contributed by atoms with E-state index < -0.39 is 12.7 Å². The molecule has 0 aliphatic carbocycles. The second kappa shape index (κ2) is 3.79. The standard InChI is InChI=1S/C9H14F3NO/c1-6(2)7-3-4-13(8(7)14)5-9(10,11)12/h6-7H,3-5H2,1-2H3. The lowest BCUT2D eigenvalue weighted by molar-refractivity contribution is -0.159. The number of hydrogen-bond donors (Lipinski definition) is 0. The van der Waals surface area contributed by atoms with Crippen molar-refractivity contribution in [2.75, 3.05) is 13.1 Å².